The minimum Gasteiger partial charge on any atom is -0.481 e. The molecule has 1 aromatic rings. The summed E-state index contributed by atoms with van der Waals surface area (Å²) in [6.45, 7) is 4.83. The van der Waals surface area contributed by atoms with Gasteiger partial charge < -0.3 is 19.9 Å². The van der Waals surface area contributed by atoms with E-state index in [2.05, 4.69) is 15.3 Å². The van der Waals surface area contributed by atoms with Crippen molar-refractivity contribution < 1.29 is 14.6 Å². The van der Waals surface area contributed by atoms with Crippen LogP contribution in [-0.2, 0) is 6.54 Å². The van der Waals surface area contributed by atoms with Crippen molar-refractivity contribution >= 4 is 0 Å². The molecule has 6 heteroatoms. The SMILES string of the molecule is CCCC(C)(O)CNCc1c(OC)ncnc1OC. The molecule has 1 aromatic heterocycles. The fourth-order valence-corrected chi connectivity index (χ4v) is 1.97. The second kappa shape index (κ2) is 7.25. The van der Waals surface area contributed by atoms with Gasteiger partial charge in [-0.2, -0.15) is 0 Å². The molecule has 0 radical (unpaired) electrons. The highest BCUT2D eigenvalue weighted by atomic mass is 16.5. The lowest BCUT2D eigenvalue weighted by Gasteiger charge is -2.23. The molecule has 1 rings (SSSR count). The highest BCUT2D eigenvalue weighted by Crippen LogP contribution is 2.23. The van der Waals surface area contributed by atoms with Crippen molar-refractivity contribution in [2.24, 2.45) is 0 Å². The molecular formula is C13H23N3O3. The molecule has 0 aliphatic carbocycles. The van der Waals surface area contributed by atoms with Gasteiger partial charge >= 0.3 is 0 Å². The Hall–Kier alpha value is -1.40. The third kappa shape index (κ3) is 4.65. The van der Waals surface area contributed by atoms with Gasteiger partial charge in [0.15, 0.2) is 0 Å². The quantitative estimate of drug-likeness (QED) is 0.737. The summed E-state index contributed by atoms with van der Waals surface area (Å²) < 4.78 is 10.4. The van der Waals surface area contributed by atoms with Crippen molar-refractivity contribution in [1.82, 2.24) is 15.3 Å². The third-order valence-corrected chi connectivity index (χ3v) is 2.85. The Kier molecular flexibility index (Phi) is 5.98. The van der Waals surface area contributed by atoms with Crippen LogP contribution in [0, 0.1) is 0 Å². The van der Waals surface area contributed by atoms with Crippen LogP contribution >= 0.6 is 0 Å². The van der Waals surface area contributed by atoms with Gasteiger partial charge in [0.2, 0.25) is 11.8 Å². The van der Waals surface area contributed by atoms with Gasteiger partial charge in [0, 0.05) is 13.1 Å². The number of nitrogens with zero attached hydrogens (tertiary/aromatic N) is 2. The summed E-state index contributed by atoms with van der Waals surface area (Å²) in [4.78, 5) is 8.08. The van der Waals surface area contributed by atoms with E-state index in [9.17, 15) is 5.11 Å². The lowest BCUT2D eigenvalue weighted by Crippen LogP contribution is -2.37. The Morgan fingerprint density at radius 2 is 1.84 bits per heavy atom. The van der Waals surface area contributed by atoms with Gasteiger partial charge in [0.1, 0.15) is 6.33 Å². The monoisotopic (exact) mass is 269 g/mol. The lowest BCUT2D eigenvalue weighted by molar-refractivity contribution is 0.0496. The zero-order chi connectivity index (χ0) is 14.3. The van der Waals surface area contributed by atoms with Crippen molar-refractivity contribution in [1.29, 1.82) is 0 Å². The Labute approximate surface area is 114 Å². The minimum atomic E-state index is -0.717. The van der Waals surface area contributed by atoms with Crippen LogP contribution in [0.2, 0.25) is 0 Å². The number of rotatable bonds is 8. The average Bonchev–Trinajstić information content (AvgIpc) is 2.38. The van der Waals surface area contributed by atoms with E-state index in [1.165, 1.54) is 6.33 Å². The van der Waals surface area contributed by atoms with Gasteiger partial charge in [-0.1, -0.05) is 13.3 Å². The first-order valence-corrected chi connectivity index (χ1v) is 6.39. The molecule has 0 aliphatic heterocycles. The third-order valence-electron chi connectivity index (χ3n) is 2.85. The summed E-state index contributed by atoms with van der Waals surface area (Å²) in [5, 5.41) is 13.3. The summed E-state index contributed by atoms with van der Waals surface area (Å²) in [7, 11) is 3.11. The maximum absolute atomic E-state index is 10.1. The molecule has 108 valence electrons. The molecule has 1 heterocycles. The molecule has 0 spiro atoms. The summed E-state index contributed by atoms with van der Waals surface area (Å²) in [6.07, 6.45) is 3.09. The Balaban J connectivity index is 2.67. The maximum Gasteiger partial charge on any atom is 0.224 e. The topological polar surface area (TPSA) is 76.5 Å². The molecule has 2 N–H and O–H groups in total. The van der Waals surface area contributed by atoms with Gasteiger partial charge in [-0.3, -0.25) is 0 Å². The number of aliphatic hydroxyl groups is 1. The van der Waals surface area contributed by atoms with Crippen LogP contribution in [0.15, 0.2) is 6.33 Å². The molecule has 0 amide bonds. The van der Waals surface area contributed by atoms with Gasteiger partial charge in [-0.05, 0) is 13.3 Å². The molecular weight excluding hydrogens is 246 g/mol. The van der Waals surface area contributed by atoms with E-state index in [4.69, 9.17) is 9.47 Å². The molecule has 19 heavy (non-hydrogen) atoms. The van der Waals surface area contributed by atoms with E-state index in [1.807, 2.05) is 13.8 Å². The normalized spacial score (nSPS) is 13.9. The van der Waals surface area contributed by atoms with Gasteiger partial charge in [0.25, 0.3) is 0 Å². The molecule has 0 bridgehead atoms. The van der Waals surface area contributed by atoms with E-state index in [0.29, 0.717) is 24.8 Å². The summed E-state index contributed by atoms with van der Waals surface area (Å²) in [5.41, 5.74) is 0.0324. The van der Waals surface area contributed by atoms with E-state index in [1.54, 1.807) is 14.2 Å². The fraction of sp³-hybridized carbons (Fsp3) is 0.692. The minimum absolute atomic E-state index is 0.479. The number of methoxy groups -OCH3 is 2. The number of aromatic nitrogens is 2. The maximum atomic E-state index is 10.1. The molecule has 0 aliphatic rings. The van der Waals surface area contributed by atoms with E-state index in [0.717, 1.165) is 18.4 Å². The van der Waals surface area contributed by atoms with E-state index in [-0.39, 0.29) is 0 Å². The number of nitrogens with one attached hydrogen (secondary N) is 1. The molecule has 0 saturated heterocycles. The first kappa shape index (κ1) is 15.7. The van der Waals surface area contributed by atoms with Crippen LogP contribution in [0.1, 0.15) is 32.3 Å². The fourth-order valence-electron chi connectivity index (χ4n) is 1.97. The van der Waals surface area contributed by atoms with Crippen LogP contribution < -0.4 is 14.8 Å². The van der Waals surface area contributed by atoms with Crippen LogP contribution in [0.4, 0.5) is 0 Å². The molecule has 6 nitrogen and oxygen atoms in total. The molecule has 1 unspecified atom stereocenters. The number of hydrogen-bond acceptors (Lipinski definition) is 6. The molecule has 0 aromatic carbocycles. The Morgan fingerprint density at radius 3 is 2.32 bits per heavy atom. The predicted molar refractivity (Wildman–Crippen MR) is 72.4 cm³/mol. The first-order chi connectivity index (χ1) is 9.04. The first-order valence-electron chi connectivity index (χ1n) is 6.39. The van der Waals surface area contributed by atoms with Crippen LogP contribution in [0.3, 0.4) is 0 Å². The zero-order valence-electron chi connectivity index (χ0n) is 12.1. The Bertz CT molecular complexity index is 374. The molecule has 0 fully saturated rings. The van der Waals surface area contributed by atoms with Crippen molar-refractivity contribution in [3.8, 4) is 11.8 Å². The highest BCUT2D eigenvalue weighted by Gasteiger charge is 2.19. The summed E-state index contributed by atoms with van der Waals surface area (Å²) >= 11 is 0. The van der Waals surface area contributed by atoms with E-state index < -0.39 is 5.60 Å². The van der Waals surface area contributed by atoms with Crippen molar-refractivity contribution in [3.63, 3.8) is 0 Å². The van der Waals surface area contributed by atoms with Crippen LogP contribution in [-0.4, -0.2) is 41.4 Å². The standard InChI is InChI=1S/C13H23N3O3/c1-5-6-13(2,17)8-14-7-10-11(18-3)15-9-16-12(10)19-4/h9,14,17H,5-8H2,1-4H3. The number of hydrogen-bond donors (Lipinski definition) is 2. The summed E-state index contributed by atoms with van der Waals surface area (Å²) in [5.74, 6) is 0.962. The van der Waals surface area contributed by atoms with Crippen LogP contribution in [0.25, 0.3) is 0 Å². The molecule has 1 atom stereocenters. The van der Waals surface area contributed by atoms with Gasteiger partial charge in [-0.25, -0.2) is 9.97 Å². The van der Waals surface area contributed by atoms with Gasteiger partial charge in [-0.15, -0.1) is 0 Å². The Morgan fingerprint density at radius 1 is 1.26 bits per heavy atom. The predicted octanol–water partition coefficient (Wildman–Crippen LogP) is 1.13. The van der Waals surface area contributed by atoms with Gasteiger partial charge in [0.05, 0.1) is 25.4 Å². The van der Waals surface area contributed by atoms with Crippen molar-refractivity contribution in [2.75, 3.05) is 20.8 Å². The van der Waals surface area contributed by atoms with Crippen molar-refractivity contribution in [2.45, 2.75) is 38.8 Å². The largest absolute Gasteiger partial charge is 0.481 e. The smallest absolute Gasteiger partial charge is 0.224 e. The summed E-state index contributed by atoms with van der Waals surface area (Å²) in [6, 6.07) is 0. The van der Waals surface area contributed by atoms with E-state index >= 15 is 0 Å². The lowest BCUT2D eigenvalue weighted by atomic mass is 10.0. The van der Waals surface area contributed by atoms with Crippen LogP contribution in [0.5, 0.6) is 11.8 Å². The average molecular weight is 269 g/mol. The molecule has 0 saturated carbocycles. The second-order valence-electron chi connectivity index (χ2n) is 4.72. The number of ether oxygens (including phenoxy) is 2. The van der Waals surface area contributed by atoms with Crippen molar-refractivity contribution in [3.05, 3.63) is 11.9 Å². The zero-order valence-corrected chi connectivity index (χ0v) is 12.1. The second-order valence-corrected chi connectivity index (χ2v) is 4.72. The highest BCUT2D eigenvalue weighted by molar-refractivity contribution is 5.34.